The van der Waals surface area contributed by atoms with Crippen molar-refractivity contribution in [1.29, 1.82) is 0 Å². The van der Waals surface area contributed by atoms with Crippen LogP contribution in [0, 0.1) is 5.92 Å². The molecule has 0 spiro atoms. The Morgan fingerprint density at radius 3 is 3.00 bits per heavy atom. The Kier molecular flexibility index (Phi) is 3.75. The monoisotopic (exact) mass is 326 g/mol. The second-order valence-electron chi connectivity index (χ2n) is 6.90. The standard InChI is InChI=1S/C18H22N4O2/c1-2-4-15-12-7-13(16-5-3-6-17(23)22(15)16)11-21(10-12)18(24)14-8-19-20-9-14/h3,5-6,8-9,12-13,15H,2,4,7,10-11H2,1H3,(H,19,20)/t12-,13+,15-/m0/s1. The van der Waals surface area contributed by atoms with Crippen LogP contribution < -0.4 is 5.56 Å². The van der Waals surface area contributed by atoms with Gasteiger partial charge in [0, 0.05) is 43.0 Å². The highest BCUT2D eigenvalue weighted by Gasteiger charge is 2.41. The number of hydrogen-bond acceptors (Lipinski definition) is 3. The maximum absolute atomic E-state index is 12.7. The first-order chi connectivity index (χ1) is 11.7. The van der Waals surface area contributed by atoms with Gasteiger partial charge >= 0.3 is 0 Å². The second kappa shape index (κ2) is 5.92. The molecule has 2 aliphatic rings. The van der Waals surface area contributed by atoms with Crippen molar-refractivity contribution in [3.05, 3.63) is 52.2 Å². The summed E-state index contributed by atoms with van der Waals surface area (Å²) in [4.78, 5) is 27.1. The molecule has 1 saturated heterocycles. The molecule has 24 heavy (non-hydrogen) atoms. The minimum atomic E-state index is 0.0282. The van der Waals surface area contributed by atoms with E-state index in [2.05, 4.69) is 23.2 Å². The largest absolute Gasteiger partial charge is 0.338 e. The van der Waals surface area contributed by atoms with Gasteiger partial charge in [0.1, 0.15) is 0 Å². The summed E-state index contributed by atoms with van der Waals surface area (Å²) in [6, 6.07) is 5.74. The molecule has 1 N–H and O–H groups in total. The first-order valence-electron chi connectivity index (χ1n) is 8.68. The Labute approximate surface area is 140 Å². The van der Waals surface area contributed by atoms with Gasteiger partial charge in [-0.25, -0.2) is 0 Å². The van der Waals surface area contributed by atoms with E-state index < -0.39 is 0 Å². The fourth-order valence-electron chi connectivity index (χ4n) is 4.42. The summed E-state index contributed by atoms with van der Waals surface area (Å²) in [5, 5.41) is 6.59. The molecule has 3 atom stereocenters. The van der Waals surface area contributed by atoms with Gasteiger partial charge in [0.25, 0.3) is 11.5 Å². The van der Waals surface area contributed by atoms with Crippen molar-refractivity contribution < 1.29 is 4.79 Å². The summed E-state index contributed by atoms with van der Waals surface area (Å²) in [7, 11) is 0. The van der Waals surface area contributed by atoms with Crippen molar-refractivity contribution in [2.24, 2.45) is 5.92 Å². The number of pyridine rings is 1. The van der Waals surface area contributed by atoms with Crippen molar-refractivity contribution in [2.45, 2.75) is 38.1 Å². The van der Waals surface area contributed by atoms with E-state index in [4.69, 9.17) is 0 Å². The number of aromatic amines is 1. The number of piperidine rings is 1. The number of fused-ring (bicyclic) bond motifs is 4. The molecule has 2 bridgehead atoms. The Hall–Kier alpha value is -2.37. The van der Waals surface area contributed by atoms with Gasteiger partial charge in [-0.3, -0.25) is 14.7 Å². The van der Waals surface area contributed by atoms with Crippen LogP contribution in [-0.4, -0.2) is 38.7 Å². The molecule has 0 aliphatic carbocycles. The van der Waals surface area contributed by atoms with Crippen molar-refractivity contribution in [3.63, 3.8) is 0 Å². The lowest BCUT2D eigenvalue weighted by molar-refractivity contribution is 0.0519. The number of rotatable bonds is 3. The third-order valence-electron chi connectivity index (χ3n) is 5.42. The number of carbonyl (C=O) groups is 1. The van der Waals surface area contributed by atoms with Crippen molar-refractivity contribution in [3.8, 4) is 0 Å². The maximum Gasteiger partial charge on any atom is 0.257 e. The second-order valence-corrected chi connectivity index (χ2v) is 6.90. The third-order valence-corrected chi connectivity index (χ3v) is 5.42. The summed E-state index contributed by atoms with van der Waals surface area (Å²) in [6.07, 6.45) is 6.29. The van der Waals surface area contributed by atoms with Crippen molar-refractivity contribution in [1.82, 2.24) is 19.7 Å². The lowest BCUT2D eigenvalue weighted by atomic mass is 9.77. The number of amides is 1. The van der Waals surface area contributed by atoms with E-state index in [1.54, 1.807) is 18.5 Å². The highest BCUT2D eigenvalue weighted by Crippen LogP contribution is 2.42. The Morgan fingerprint density at radius 2 is 2.25 bits per heavy atom. The first-order valence-corrected chi connectivity index (χ1v) is 8.68. The predicted octanol–water partition coefficient (Wildman–Crippen LogP) is 2.17. The van der Waals surface area contributed by atoms with E-state index in [0.717, 1.165) is 25.0 Å². The molecule has 6 nitrogen and oxygen atoms in total. The Morgan fingerprint density at radius 1 is 1.38 bits per heavy atom. The normalized spacial score (nSPS) is 25.4. The Balaban J connectivity index is 1.71. The Bertz CT molecular complexity index is 796. The lowest BCUT2D eigenvalue weighted by Gasteiger charge is -2.47. The van der Waals surface area contributed by atoms with Crippen LogP contribution in [0.3, 0.4) is 0 Å². The van der Waals surface area contributed by atoms with Gasteiger partial charge in [0.05, 0.1) is 11.8 Å². The van der Waals surface area contributed by atoms with E-state index in [0.29, 0.717) is 24.6 Å². The van der Waals surface area contributed by atoms with Crippen LogP contribution in [0.25, 0.3) is 0 Å². The van der Waals surface area contributed by atoms with Crippen LogP contribution in [-0.2, 0) is 0 Å². The number of aromatic nitrogens is 3. The van der Waals surface area contributed by atoms with Gasteiger partial charge in [-0.05, 0) is 24.8 Å². The van der Waals surface area contributed by atoms with Crippen LogP contribution in [0.4, 0.5) is 0 Å². The summed E-state index contributed by atoms with van der Waals surface area (Å²) >= 11 is 0. The van der Waals surface area contributed by atoms with E-state index in [1.807, 2.05) is 15.5 Å². The van der Waals surface area contributed by atoms with Gasteiger partial charge in [-0.1, -0.05) is 19.4 Å². The van der Waals surface area contributed by atoms with Crippen molar-refractivity contribution in [2.75, 3.05) is 13.1 Å². The molecular weight excluding hydrogens is 304 g/mol. The van der Waals surface area contributed by atoms with Crippen LogP contribution in [0.5, 0.6) is 0 Å². The van der Waals surface area contributed by atoms with Gasteiger partial charge in [-0.15, -0.1) is 0 Å². The fourth-order valence-corrected chi connectivity index (χ4v) is 4.42. The summed E-state index contributed by atoms with van der Waals surface area (Å²) < 4.78 is 2.00. The lowest BCUT2D eigenvalue weighted by Crippen LogP contribution is -2.51. The van der Waals surface area contributed by atoms with E-state index in [1.165, 1.54) is 0 Å². The van der Waals surface area contributed by atoms with Crippen molar-refractivity contribution >= 4 is 5.91 Å². The molecule has 2 aliphatic heterocycles. The molecule has 0 aromatic carbocycles. The van der Waals surface area contributed by atoms with Gasteiger partial charge in [-0.2, -0.15) is 5.10 Å². The van der Waals surface area contributed by atoms with E-state index >= 15 is 0 Å². The number of hydrogen-bond donors (Lipinski definition) is 1. The zero-order valence-electron chi connectivity index (χ0n) is 13.8. The molecule has 4 rings (SSSR count). The SMILES string of the molecule is CCC[C@H]1[C@H]2C[C@H](CN(C(=O)c3cn[nH]c3)C2)c2cccc(=O)n21. The third kappa shape index (κ3) is 2.37. The minimum Gasteiger partial charge on any atom is -0.338 e. The van der Waals surface area contributed by atoms with Gasteiger partial charge < -0.3 is 9.47 Å². The summed E-state index contributed by atoms with van der Waals surface area (Å²) in [5.74, 6) is 0.606. The fraction of sp³-hybridized carbons (Fsp3) is 0.500. The average molecular weight is 326 g/mol. The molecule has 4 heterocycles. The molecule has 1 fully saturated rings. The van der Waals surface area contributed by atoms with Gasteiger partial charge in [0.2, 0.25) is 0 Å². The minimum absolute atomic E-state index is 0.0282. The molecular formula is C18H22N4O2. The summed E-state index contributed by atoms with van der Waals surface area (Å²) in [5.41, 5.74) is 1.78. The van der Waals surface area contributed by atoms with Gasteiger partial charge in [0.15, 0.2) is 0 Å². The average Bonchev–Trinajstić information content (AvgIpc) is 3.12. The molecule has 6 heteroatoms. The predicted molar refractivity (Wildman–Crippen MR) is 90.0 cm³/mol. The maximum atomic E-state index is 12.7. The summed E-state index contributed by atoms with van der Waals surface area (Å²) in [6.45, 7) is 3.53. The topological polar surface area (TPSA) is 71.0 Å². The highest BCUT2D eigenvalue weighted by molar-refractivity contribution is 5.93. The van der Waals surface area contributed by atoms with E-state index in [9.17, 15) is 9.59 Å². The molecule has 126 valence electrons. The number of nitrogens with zero attached hydrogens (tertiary/aromatic N) is 3. The smallest absolute Gasteiger partial charge is 0.257 e. The molecule has 0 radical (unpaired) electrons. The number of nitrogens with one attached hydrogen (secondary N) is 1. The molecule has 2 aromatic heterocycles. The number of carbonyl (C=O) groups excluding carboxylic acids is 1. The molecule has 0 unspecified atom stereocenters. The molecule has 1 amide bonds. The van der Waals surface area contributed by atoms with Crippen LogP contribution >= 0.6 is 0 Å². The zero-order chi connectivity index (χ0) is 16.7. The molecule has 0 saturated carbocycles. The number of H-pyrrole nitrogens is 1. The van der Waals surface area contributed by atoms with Crippen LogP contribution in [0.1, 0.15) is 54.2 Å². The quantitative estimate of drug-likeness (QED) is 0.939. The van der Waals surface area contributed by atoms with Crippen LogP contribution in [0.2, 0.25) is 0 Å². The molecule has 2 aromatic rings. The number of likely N-dealkylation sites (tertiary alicyclic amines) is 1. The van der Waals surface area contributed by atoms with E-state index in [-0.39, 0.29) is 23.4 Å². The van der Waals surface area contributed by atoms with Crippen LogP contribution in [0.15, 0.2) is 35.4 Å². The zero-order valence-corrected chi connectivity index (χ0v) is 13.8. The first kappa shape index (κ1) is 15.2. The highest BCUT2D eigenvalue weighted by atomic mass is 16.2.